The van der Waals surface area contributed by atoms with Crippen LogP contribution in [0.3, 0.4) is 0 Å². The van der Waals surface area contributed by atoms with Crippen LogP contribution in [-0.2, 0) is 11.2 Å². The molecule has 5 heteroatoms. The summed E-state index contributed by atoms with van der Waals surface area (Å²) >= 11 is 12.2. The van der Waals surface area contributed by atoms with Gasteiger partial charge in [-0.05, 0) is 80.5 Å². The number of carbonyl (C=O) groups excluding carboxylic acids is 1. The van der Waals surface area contributed by atoms with E-state index in [1.54, 1.807) is 0 Å². The maximum Gasteiger partial charge on any atom is 0.228 e. The molecular formula is C23H26Cl2N2O. The molecule has 1 aliphatic carbocycles. The Bertz CT molecular complexity index is 937. The lowest BCUT2D eigenvalue weighted by molar-refractivity contribution is -0.115. The van der Waals surface area contributed by atoms with Crippen molar-refractivity contribution in [1.82, 2.24) is 0 Å². The fraction of sp³-hybridized carbons (Fsp3) is 0.348. The highest BCUT2D eigenvalue weighted by atomic mass is 35.5. The van der Waals surface area contributed by atoms with Crippen molar-refractivity contribution in [2.24, 2.45) is 0 Å². The second kappa shape index (κ2) is 8.59. The molecule has 2 N–H and O–H groups in total. The normalized spacial score (nSPS) is 15.7. The molecule has 3 rings (SSSR count). The minimum absolute atomic E-state index is 0.0139. The van der Waals surface area contributed by atoms with Crippen LogP contribution in [0, 0.1) is 13.8 Å². The lowest BCUT2D eigenvalue weighted by atomic mass is 9.83. The van der Waals surface area contributed by atoms with Gasteiger partial charge in [0.15, 0.2) is 0 Å². The molecule has 0 aromatic heterocycles. The van der Waals surface area contributed by atoms with Gasteiger partial charge in [-0.15, -0.1) is 0 Å². The summed E-state index contributed by atoms with van der Waals surface area (Å²) in [6.45, 7) is 9.84. The third kappa shape index (κ3) is 4.53. The second-order valence-electron chi connectivity index (χ2n) is 7.66. The van der Waals surface area contributed by atoms with Gasteiger partial charge in [-0.2, -0.15) is 0 Å². The summed E-state index contributed by atoms with van der Waals surface area (Å²) in [5.74, 6) is -0.0139. The Hall–Kier alpha value is -1.97. The van der Waals surface area contributed by atoms with Crippen LogP contribution in [0.25, 0.3) is 0 Å². The van der Waals surface area contributed by atoms with E-state index < -0.39 is 0 Å². The number of rotatable bonds is 5. The number of hydrogen-bond donors (Lipinski definition) is 2. The molecule has 148 valence electrons. The molecule has 1 aliphatic rings. The first-order valence-corrected chi connectivity index (χ1v) is 10.3. The number of fused-ring (bicyclic) bond motifs is 1. The van der Waals surface area contributed by atoms with Crippen LogP contribution in [0.1, 0.15) is 54.5 Å². The number of hydrogen-bond acceptors (Lipinski definition) is 2. The quantitative estimate of drug-likeness (QED) is 0.514. The summed E-state index contributed by atoms with van der Waals surface area (Å²) in [6.07, 6.45) is 3.50. The average Bonchev–Trinajstić information content (AvgIpc) is 2.62. The van der Waals surface area contributed by atoms with E-state index in [9.17, 15) is 4.79 Å². The molecule has 0 fully saturated rings. The maximum absolute atomic E-state index is 12.3. The monoisotopic (exact) mass is 416 g/mol. The highest BCUT2D eigenvalue weighted by Gasteiger charge is 2.24. The zero-order valence-electron chi connectivity index (χ0n) is 16.6. The molecule has 0 radical (unpaired) electrons. The molecule has 2 aromatic carbocycles. The minimum Gasteiger partial charge on any atom is -0.378 e. The van der Waals surface area contributed by atoms with E-state index in [1.165, 1.54) is 11.1 Å². The van der Waals surface area contributed by atoms with Crippen LogP contribution in [0.2, 0.25) is 10.0 Å². The molecule has 1 unspecified atom stereocenters. The summed E-state index contributed by atoms with van der Waals surface area (Å²) in [5, 5.41) is 7.79. The van der Waals surface area contributed by atoms with E-state index in [0.29, 0.717) is 16.5 Å². The number of carbonyl (C=O) groups is 1. The van der Waals surface area contributed by atoms with Gasteiger partial charge in [0, 0.05) is 17.8 Å². The van der Waals surface area contributed by atoms with Crippen LogP contribution in [0.5, 0.6) is 0 Å². The standard InChI is InChI=1S/C23H26Cl2N2O/c1-13(2)10-22(28)27-23-14(3)11-18-17(15(23)4)6-5-7-21(18)26-16-8-9-19(24)20(25)12-16/h8-9,11-12,21,26H,1,5-7,10H2,2-4H3,(H,27,28). The van der Waals surface area contributed by atoms with Crippen LogP contribution >= 0.6 is 23.2 Å². The summed E-state index contributed by atoms with van der Waals surface area (Å²) in [7, 11) is 0. The van der Waals surface area contributed by atoms with Crippen molar-refractivity contribution in [2.75, 3.05) is 10.6 Å². The van der Waals surface area contributed by atoms with Gasteiger partial charge < -0.3 is 10.6 Å². The highest BCUT2D eigenvalue weighted by molar-refractivity contribution is 6.42. The Kier molecular flexibility index (Phi) is 6.36. The smallest absolute Gasteiger partial charge is 0.228 e. The van der Waals surface area contributed by atoms with Gasteiger partial charge >= 0.3 is 0 Å². The summed E-state index contributed by atoms with van der Waals surface area (Å²) in [5.41, 5.74) is 7.60. The molecule has 0 saturated heterocycles. The zero-order valence-corrected chi connectivity index (χ0v) is 18.1. The molecule has 0 saturated carbocycles. The van der Waals surface area contributed by atoms with E-state index in [-0.39, 0.29) is 11.9 Å². The molecule has 2 aromatic rings. The largest absolute Gasteiger partial charge is 0.378 e. The Morgan fingerprint density at radius 1 is 1.21 bits per heavy atom. The van der Waals surface area contributed by atoms with Crippen molar-refractivity contribution in [1.29, 1.82) is 0 Å². The van der Waals surface area contributed by atoms with Gasteiger partial charge in [-0.25, -0.2) is 0 Å². The van der Waals surface area contributed by atoms with Crippen molar-refractivity contribution in [2.45, 2.75) is 52.5 Å². The molecule has 0 heterocycles. The van der Waals surface area contributed by atoms with E-state index >= 15 is 0 Å². The predicted molar refractivity (Wildman–Crippen MR) is 120 cm³/mol. The molecule has 0 aliphatic heterocycles. The summed E-state index contributed by atoms with van der Waals surface area (Å²) < 4.78 is 0. The van der Waals surface area contributed by atoms with E-state index in [0.717, 1.165) is 47.3 Å². The van der Waals surface area contributed by atoms with Crippen LogP contribution in [0.4, 0.5) is 11.4 Å². The fourth-order valence-electron chi connectivity index (χ4n) is 3.92. The third-order valence-electron chi connectivity index (χ3n) is 5.22. The predicted octanol–water partition coefficient (Wildman–Crippen LogP) is 7.00. The maximum atomic E-state index is 12.3. The molecule has 0 bridgehead atoms. The lowest BCUT2D eigenvalue weighted by Crippen LogP contribution is -2.21. The number of amides is 1. The highest BCUT2D eigenvalue weighted by Crippen LogP contribution is 2.39. The zero-order chi connectivity index (χ0) is 20.4. The van der Waals surface area contributed by atoms with E-state index in [1.807, 2.05) is 25.1 Å². The second-order valence-corrected chi connectivity index (χ2v) is 8.48. The minimum atomic E-state index is -0.0139. The summed E-state index contributed by atoms with van der Waals surface area (Å²) in [6, 6.07) is 8.04. The Labute approximate surface area is 177 Å². The molecule has 28 heavy (non-hydrogen) atoms. The van der Waals surface area contributed by atoms with Gasteiger partial charge in [-0.3, -0.25) is 4.79 Å². The van der Waals surface area contributed by atoms with Crippen LogP contribution in [0.15, 0.2) is 36.4 Å². The molecular weight excluding hydrogens is 391 g/mol. The third-order valence-corrected chi connectivity index (χ3v) is 5.96. The first-order valence-electron chi connectivity index (χ1n) is 9.55. The van der Waals surface area contributed by atoms with Crippen molar-refractivity contribution in [3.63, 3.8) is 0 Å². The summed E-state index contributed by atoms with van der Waals surface area (Å²) in [4.78, 5) is 12.3. The number of anilines is 2. The Morgan fingerprint density at radius 2 is 1.96 bits per heavy atom. The SMILES string of the molecule is C=C(C)CC(=O)Nc1c(C)cc2c(c1C)CCCC2Nc1ccc(Cl)c(Cl)c1. The number of nitrogens with one attached hydrogen (secondary N) is 2. The Balaban J connectivity index is 1.90. The number of benzene rings is 2. The molecule has 1 amide bonds. The van der Waals surface area contributed by atoms with Gasteiger partial charge in [0.05, 0.1) is 16.1 Å². The topological polar surface area (TPSA) is 41.1 Å². The molecule has 0 spiro atoms. The first-order chi connectivity index (χ1) is 13.3. The van der Waals surface area contributed by atoms with E-state index in [2.05, 4.69) is 37.1 Å². The van der Waals surface area contributed by atoms with E-state index in [4.69, 9.17) is 23.2 Å². The number of halogens is 2. The van der Waals surface area contributed by atoms with Gasteiger partial charge in [0.25, 0.3) is 0 Å². The van der Waals surface area contributed by atoms with Crippen molar-refractivity contribution >= 4 is 40.5 Å². The van der Waals surface area contributed by atoms with Gasteiger partial charge in [0.1, 0.15) is 0 Å². The average molecular weight is 417 g/mol. The van der Waals surface area contributed by atoms with Gasteiger partial charge in [0.2, 0.25) is 5.91 Å². The van der Waals surface area contributed by atoms with Crippen LogP contribution in [-0.4, -0.2) is 5.91 Å². The van der Waals surface area contributed by atoms with Gasteiger partial charge in [-0.1, -0.05) is 41.4 Å². The first kappa shape index (κ1) is 20.8. The Morgan fingerprint density at radius 3 is 2.64 bits per heavy atom. The molecule has 1 atom stereocenters. The van der Waals surface area contributed by atoms with Crippen molar-refractivity contribution in [3.05, 3.63) is 68.7 Å². The van der Waals surface area contributed by atoms with Crippen LogP contribution < -0.4 is 10.6 Å². The fourth-order valence-corrected chi connectivity index (χ4v) is 4.22. The van der Waals surface area contributed by atoms with Crippen molar-refractivity contribution in [3.8, 4) is 0 Å². The lowest BCUT2D eigenvalue weighted by Gasteiger charge is -2.30. The molecule has 3 nitrogen and oxygen atoms in total. The number of aryl methyl sites for hydroxylation is 1. The van der Waals surface area contributed by atoms with Crippen molar-refractivity contribution < 1.29 is 4.79 Å².